The van der Waals surface area contributed by atoms with Crippen LogP contribution in [0.2, 0.25) is 0 Å². The summed E-state index contributed by atoms with van der Waals surface area (Å²) in [7, 11) is 3.52. The van der Waals surface area contributed by atoms with Crippen LogP contribution in [0.15, 0.2) is 18.2 Å². The summed E-state index contributed by atoms with van der Waals surface area (Å²) in [6, 6.07) is 5.00. The molecule has 0 aliphatic heterocycles. The lowest BCUT2D eigenvalue weighted by atomic mass is 10.0. The summed E-state index contributed by atoms with van der Waals surface area (Å²) in [6.45, 7) is 2.10. The van der Waals surface area contributed by atoms with Crippen molar-refractivity contribution < 1.29 is 9.13 Å². The summed E-state index contributed by atoms with van der Waals surface area (Å²) in [5.41, 5.74) is 0.915. The Balaban J connectivity index is 2.86. The molecule has 0 fully saturated rings. The lowest BCUT2D eigenvalue weighted by Crippen LogP contribution is -2.26. The van der Waals surface area contributed by atoms with Gasteiger partial charge in [-0.05, 0) is 43.7 Å². The minimum Gasteiger partial charge on any atom is -0.496 e. The maximum atomic E-state index is 13.1. The molecule has 3 heteroatoms. The zero-order valence-electron chi connectivity index (χ0n) is 9.51. The fourth-order valence-corrected chi connectivity index (χ4v) is 1.62. The van der Waals surface area contributed by atoms with E-state index in [2.05, 4.69) is 12.2 Å². The molecule has 0 saturated heterocycles. The number of rotatable bonds is 5. The molecule has 1 N–H and O–H groups in total. The molecular formula is C12H18FNO. The number of ether oxygens (including phenoxy) is 1. The number of likely N-dealkylation sites (N-methyl/N-ethyl adjacent to an activating group) is 1. The maximum absolute atomic E-state index is 13.1. The normalized spacial score (nSPS) is 12.5. The molecule has 0 heterocycles. The first-order valence-corrected chi connectivity index (χ1v) is 5.21. The fraction of sp³-hybridized carbons (Fsp3) is 0.500. The Hall–Kier alpha value is -1.09. The number of halogens is 1. The Morgan fingerprint density at radius 1 is 1.47 bits per heavy atom. The van der Waals surface area contributed by atoms with E-state index in [4.69, 9.17) is 4.74 Å². The highest BCUT2D eigenvalue weighted by molar-refractivity contribution is 5.34. The Labute approximate surface area is 90.4 Å². The molecule has 0 radical (unpaired) electrons. The van der Waals surface area contributed by atoms with Gasteiger partial charge in [-0.15, -0.1) is 0 Å². The van der Waals surface area contributed by atoms with Crippen molar-refractivity contribution in [3.05, 3.63) is 29.6 Å². The third-order valence-electron chi connectivity index (χ3n) is 2.61. The maximum Gasteiger partial charge on any atom is 0.123 e. The fourth-order valence-electron chi connectivity index (χ4n) is 1.62. The van der Waals surface area contributed by atoms with Crippen molar-refractivity contribution in [2.24, 2.45) is 0 Å². The van der Waals surface area contributed by atoms with Crippen LogP contribution in [0.3, 0.4) is 0 Å². The highest BCUT2D eigenvalue weighted by Gasteiger charge is 2.10. The van der Waals surface area contributed by atoms with E-state index in [0.29, 0.717) is 6.04 Å². The lowest BCUT2D eigenvalue weighted by molar-refractivity contribution is 0.404. The van der Waals surface area contributed by atoms with Crippen LogP contribution >= 0.6 is 0 Å². The Morgan fingerprint density at radius 2 is 2.20 bits per heavy atom. The summed E-state index contributed by atoms with van der Waals surface area (Å²) >= 11 is 0. The zero-order valence-corrected chi connectivity index (χ0v) is 9.51. The predicted octanol–water partition coefficient (Wildman–Crippen LogP) is 2.37. The third-order valence-corrected chi connectivity index (χ3v) is 2.61. The molecule has 0 saturated carbocycles. The van der Waals surface area contributed by atoms with Crippen LogP contribution in [0.1, 0.15) is 18.9 Å². The summed E-state index contributed by atoms with van der Waals surface area (Å²) in [5.74, 6) is 0.543. The van der Waals surface area contributed by atoms with Crippen LogP contribution < -0.4 is 10.1 Å². The van der Waals surface area contributed by atoms with Gasteiger partial charge in [0.1, 0.15) is 11.6 Å². The van der Waals surface area contributed by atoms with Crippen LogP contribution in [0.25, 0.3) is 0 Å². The number of nitrogens with one attached hydrogen (secondary N) is 1. The van der Waals surface area contributed by atoms with E-state index in [1.54, 1.807) is 19.2 Å². The molecule has 1 aromatic rings. The molecule has 1 aromatic carbocycles. The third kappa shape index (κ3) is 3.20. The van der Waals surface area contributed by atoms with Crippen LogP contribution in [-0.2, 0) is 6.42 Å². The molecular weight excluding hydrogens is 193 g/mol. The Bertz CT molecular complexity index is 310. The molecule has 1 rings (SSSR count). The van der Waals surface area contributed by atoms with Gasteiger partial charge in [0.05, 0.1) is 7.11 Å². The number of hydrogen-bond acceptors (Lipinski definition) is 2. The first-order chi connectivity index (χ1) is 7.21. The molecule has 0 bridgehead atoms. The van der Waals surface area contributed by atoms with E-state index in [9.17, 15) is 4.39 Å². The molecule has 84 valence electrons. The zero-order chi connectivity index (χ0) is 11.3. The molecule has 1 unspecified atom stereocenters. The molecule has 0 spiro atoms. The van der Waals surface area contributed by atoms with Gasteiger partial charge in [-0.2, -0.15) is 0 Å². The van der Waals surface area contributed by atoms with Gasteiger partial charge in [0, 0.05) is 6.04 Å². The van der Waals surface area contributed by atoms with Crippen LogP contribution in [0, 0.1) is 5.82 Å². The lowest BCUT2D eigenvalue weighted by Gasteiger charge is -2.15. The Morgan fingerprint density at radius 3 is 2.73 bits per heavy atom. The largest absolute Gasteiger partial charge is 0.496 e. The minimum atomic E-state index is -0.211. The van der Waals surface area contributed by atoms with E-state index in [1.165, 1.54) is 6.07 Å². The predicted molar refractivity (Wildman–Crippen MR) is 59.8 cm³/mol. The summed E-state index contributed by atoms with van der Waals surface area (Å²) in [4.78, 5) is 0. The van der Waals surface area contributed by atoms with Crippen molar-refractivity contribution in [2.45, 2.75) is 25.8 Å². The van der Waals surface area contributed by atoms with E-state index >= 15 is 0 Å². The second-order valence-corrected chi connectivity index (χ2v) is 3.55. The quantitative estimate of drug-likeness (QED) is 0.807. The van der Waals surface area contributed by atoms with Crippen molar-refractivity contribution in [3.8, 4) is 5.75 Å². The highest BCUT2D eigenvalue weighted by atomic mass is 19.1. The van der Waals surface area contributed by atoms with Crippen LogP contribution in [0.4, 0.5) is 4.39 Å². The van der Waals surface area contributed by atoms with Gasteiger partial charge in [-0.1, -0.05) is 6.92 Å². The van der Waals surface area contributed by atoms with E-state index < -0.39 is 0 Å². The average molecular weight is 211 g/mol. The second kappa shape index (κ2) is 5.71. The van der Waals surface area contributed by atoms with Gasteiger partial charge in [-0.3, -0.25) is 0 Å². The standard InChI is InChI=1S/C12H18FNO/c1-4-11(14-2)8-9-7-10(13)5-6-12(9)15-3/h5-7,11,14H,4,8H2,1-3H3. The first kappa shape index (κ1) is 12.0. The van der Waals surface area contributed by atoms with Crippen molar-refractivity contribution in [1.82, 2.24) is 5.32 Å². The van der Waals surface area contributed by atoms with Crippen LogP contribution in [0.5, 0.6) is 5.75 Å². The first-order valence-electron chi connectivity index (χ1n) is 5.21. The van der Waals surface area contributed by atoms with Crippen LogP contribution in [-0.4, -0.2) is 20.2 Å². The number of benzene rings is 1. The molecule has 15 heavy (non-hydrogen) atoms. The minimum absolute atomic E-state index is 0.211. The topological polar surface area (TPSA) is 21.3 Å². The summed E-state index contributed by atoms with van der Waals surface area (Å²) < 4.78 is 18.3. The van der Waals surface area contributed by atoms with Gasteiger partial charge in [0.2, 0.25) is 0 Å². The van der Waals surface area contributed by atoms with E-state index in [1.807, 2.05) is 7.05 Å². The van der Waals surface area contributed by atoms with Gasteiger partial charge in [0.15, 0.2) is 0 Å². The van der Waals surface area contributed by atoms with Gasteiger partial charge < -0.3 is 10.1 Å². The highest BCUT2D eigenvalue weighted by Crippen LogP contribution is 2.21. The van der Waals surface area contributed by atoms with Gasteiger partial charge in [0.25, 0.3) is 0 Å². The molecule has 0 aliphatic carbocycles. The summed E-state index contributed by atoms with van der Waals surface area (Å²) in [5, 5.41) is 3.19. The van der Waals surface area contributed by atoms with Gasteiger partial charge >= 0.3 is 0 Å². The average Bonchev–Trinajstić information content (AvgIpc) is 2.26. The SMILES string of the molecule is CCC(Cc1cc(F)ccc1OC)NC. The van der Waals surface area contributed by atoms with Crippen molar-refractivity contribution in [2.75, 3.05) is 14.2 Å². The van der Waals surface area contributed by atoms with Crippen molar-refractivity contribution in [1.29, 1.82) is 0 Å². The molecule has 0 aliphatic rings. The van der Waals surface area contributed by atoms with Crippen molar-refractivity contribution >= 4 is 0 Å². The second-order valence-electron chi connectivity index (χ2n) is 3.55. The van der Waals surface area contributed by atoms with E-state index in [-0.39, 0.29) is 5.82 Å². The van der Waals surface area contributed by atoms with Crippen molar-refractivity contribution in [3.63, 3.8) is 0 Å². The smallest absolute Gasteiger partial charge is 0.123 e. The van der Waals surface area contributed by atoms with E-state index in [0.717, 1.165) is 24.2 Å². The number of hydrogen-bond donors (Lipinski definition) is 1. The molecule has 0 amide bonds. The van der Waals surface area contributed by atoms with Gasteiger partial charge in [-0.25, -0.2) is 4.39 Å². The summed E-state index contributed by atoms with van der Waals surface area (Å²) in [6.07, 6.45) is 1.80. The molecule has 1 atom stereocenters. The number of methoxy groups -OCH3 is 1. The Kier molecular flexibility index (Phi) is 4.56. The molecule has 2 nitrogen and oxygen atoms in total. The monoisotopic (exact) mass is 211 g/mol. The molecule has 0 aromatic heterocycles.